The summed E-state index contributed by atoms with van der Waals surface area (Å²) in [7, 11) is -3.12. The van der Waals surface area contributed by atoms with Gasteiger partial charge in [-0.25, -0.2) is 8.42 Å². The summed E-state index contributed by atoms with van der Waals surface area (Å²) in [4.78, 5) is 3.86. The van der Waals surface area contributed by atoms with Gasteiger partial charge in [-0.2, -0.15) is 0 Å². The van der Waals surface area contributed by atoms with Crippen molar-refractivity contribution in [3.05, 3.63) is 0 Å². The van der Waals surface area contributed by atoms with Crippen LogP contribution in [0.25, 0.3) is 0 Å². The third-order valence-electron chi connectivity index (χ3n) is 1.21. The normalized spacial score (nSPS) is 18.5. The quantitative estimate of drug-likeness (QED) is 0.641. The molecule has 0 aliphatic carbocycles. The zero-order valence-electron chi connectivity index (χ0n) is 5.99. The molecule has 11 heavy (non-hydrogen) atoms. The van der Waals surface area contributed by atoms with Crippen LogP contribution in [0.2, 0.25) is 0 Å². The molecule has 1 aliphatic heterocycles. The van der Waals surface area contributed by atoms with E-state index in [9.17, 15) is 8.42 Å². The van der Waals surface area contributed by atoms with Crippen molar-refractivity contribution in [3.63, 3.8) is 0 Å². The number of nitrogens with zero attached hydrogens (tertiary/aromatic N) is 1. The Kier molecular flexibility index (Phi) is 2.91. The van der Waals surface area contributed by atoms with Gasteiger partial charge in [-0.05, 0) is 0 Å². The zero-order chi connectivity index (χ0) is 8.32. The van der Waals surface area contributed by atoms with E-state index in [0.29, 0.717) is 6.54 Å². The summed E-state index contributed by atoms with van der Waals surface area (Å²) in [6.45, 7) is 0.783. The SMILES string of the molecule is NCCS(=O)(=O)C1=NCCS1. The fourth-order valence-electron chi connectivity index (χ4n) is 0.746. The van der Waals surface area contributed by atoms with E-state index in [-0.39, 0.29) is 16.7 Å². The second-order valence-corrected chi connectivity index (χ2v) is 5.47. The molecule has 6 heteroatoms. The van der Waals surface area contributed by atoms with E-state index in [1.165, 1.54) is 11.8 Å². The van der Waals surface area contributed by atoms with Crippen LogP contribution in [0.4, 0.5) is 0 Å². The molecule has 0 saturated heterocycles. The summed E-state index contributed by atoms with van der Waals surface area (Å²) in [6, 6.07) is 0. The molecule has 0 radical (unpaired) electrons. The first-order chi connectivity index (χ1) is 5.17. The van der Waals surface area contributed by atoms with Crippen LogP contribution in [0, 0.1) is 0 Å². The van der Waals surface area contributed by atoms with Gasteiger partial charge in [0.2, 0.25) is 9.84 Å². The molecule has 1 rings (SSSR count). The van der Waals surface area contributed by atoms with E-state index < -0.39 is 9.84 Å². The highest BCUT2D eigenvalue weighted by molar-refractivity contribution is 8.35. The lowest BCUT2D eigenvalue weighted by Gasteiger charge is -1.98. The third kappa shape index (κ3) is 2.18. The molecule has 0 atom stereocenters. The minimum Gasteiger partial charge on any atom is -0.329 e. The first kappa shape index (κ1) is 9.02. The van der Waals surface area contributed by atoms with Crippen molar-refractivity contribution >= 4 is 26.0 Å². The lowest BCUT2D eigenvalue weighted by atomic mass is 10.8. The van der Waals surface area contributed by atoms with Crippen LogP contribution in [0.1, 0.15) is 0 Å². The van der Waals surface area contributed by atoms with E-state index in [4.69, 9.17) is 5.73 Å². The summed E-state index contributed by atoms with van der Waals surface area (Å²) in [6.07, 6.45) is 0. The molecule has 0 bridgehead atoms. The first-order valence-electron chi connectivity index (χ1n) is 3.27. The van der Waals surface area contributed by atoms with Crippen LogP contribution in [0.5, 0.6) is 0 Å². The maximum Gasteiger partial charge on any atom is 0.202 e. The minimum absolute atomic E-state index is 0.0127. The van der Waals surface area contributed by atoms with Crippen molar-refractivity contribution in [1.82, 2.24) is 0 Å². The van der Waals surface area contributed by atoms with E-state index in [1.54, 1.807) is 0 Å². The molecule has 1 heterocycles. The Morgan fingerprint density at radius 1 is 1.64 bits per heavy atom. The van der Waals surface area contributed by atoms with Crippen molar-refractivity contribution in [1.29, 1.82) is 0 Å². The number of rotatable bonds is 2. The maximum absolute atomic E-state index is 11.2. The number of sulfone groups is 1. The van der Waals surface area contributed by atoms with Gasteiger partial charge in [0, 0.05) is 12.3 Å². The highest BCUT2D eigenvalue weighted by atomic mass is 32.3. The Balaban J connectivity index is 2.72. The van der Waals surface area contributed by atoms with Crippen LogP contribution in [0.15, 0.2) is 4.99 Å². The van der Waals surface area contributed by atoms with Gasteiger partial charge >= 0.3 is 0 Å². The van der Waals surface area contributed by atoms with Crippen molar-refractivity contribution < 1.29 is 8.42 Å². The van der Waals surface area contributed by atoms with Gasteiger partial charge in [0.05, 0.1) is 12.3 Å². The average Bonchev–Trinajstić information content (AvgIpc) is 2.37. The van der Waals surface area contributed by atoms with Gasteiger partial charge in [0.1, 0.15) is 0 Å². The van der Waals surface area contributed by atoms with Crippen LogP contribution in [0.3, 0.4) is 0 Å². The topological polar surface area (TPSA) is 72.5 Å². The lowest BCUT2D eigenvalue weighted by molar-refractivity contribution is 0.607. The molecule has 0 saturated carbocycles. The Labute approximate surface area is 70.2 Å². The van der Waals surface area contributed by atoms with Gasteiger partial charge in [0.25, 0.3) is 0 Å². The van der Waals surface area contributed by atoms with Gasteiger partial charge in [0.15, 0.2) is 4.38 Å². The molecule has 0 unspecified atom stereocenters. The number of hydrogen-bond donors (Lipinski definition) is 1. The minimum atomic E-state index is -3.12. The number of thioether (sulfide) groups is 1. The van der Waals surface area contributed by atoms with E-state index in [2.05, 4.69) is 4.99 Å². The van der Waals surface area contributed by atoms with Gasteiger partial charge in [-0.3, -0.25) is 4.99 Å². The Morgan fingerprint density at radius 3 is 2.82 bits per heavy atom. The van der Waals surface area contributed by atoms with Crippen LogP contribution in [-0.2, 0) is 9.84 Å². The second-order valence-electron chi connectivity index (χ2n) is 2.10. The predicted octanol–water partition coefficient (Wildman–Crippen LogP) is -0.537. The molecular formula is C5H10N2O2S2. The fraction of sp³-hybridized carbons (Fsp3) is 0.800. The Hall–Kier alpha value is -0.0700. The molecule has 1 aliphatic rings. The van der Waals surface area contributed by atoms with E-state index in [1.807, 2.05) is 0 Å². The smallest absolute Gasteiger partial charge is 0.202 e. The van der Waals surface area contributed by atoms with Crippen molar-refractivity contribution in [2.75, 3.05) is 24.6 Å². The average molecular weight is 194 g/mol. The molecule has 4 nitrogen and oxygen atoms in total. The first-order valence-corrected chi connectivity index (χ1v) is 5.90. The van der Waals surface area contributed by atoms with Crippen molar-refractivity contribution in [2.45, 2.75) is 0 Å². The van der Waals surface area contributed by atoms with Crippen LogP contribution < -0.4 is 5.73 Å². The number of nitrogens with two attached hydrogens (primary N) is 1. The fourth-order valence-corrected chi connectivity index (χ4v) is 3.28. The molecule has 0 aromatic carbocycles. The largest absolute Gasteiger partial charge is 0.329 e. The second kappa shape index (κ2) is 3.55. The van der Waals surface area contributed by atoms with Crippen LogP contribution in [-0.4, -0.2) is 37.4 Å². The van der Waals surface area contributed by atoms with Gasteiger partial charge < -0.3 is 5.73 Å². The highest BCUT2D eigenvalue weighted by Gasteiger charge is 2.21. The Bertz CT molecular complexity index is 258. The highest BCUT2D eigenvalue weighted by Crippen LogP contribution is 2.16. The molecule has 0 spiro atoms. The maximum atomic E-state index is 11.2. The molecule has 2 N–H and O–H groups in total. The molecule has 0 aromatic rings. The van der Waals surface area contributed by atoms with Crippen molar-refractivity contribution in [3.8, 4) is 0 Å². The summed E-state index contributed by atoms with van der Waals surface area (Å²) in [5.41, 5.74) is 5.14. The monoisotopic (exact) mass is 194 g/mol. The predicted molar refractivity (Wildman–Crippen MR) is 47.6 cm³/mol. The van der Waals surface area contributed by atoms with E-state index in [0.717, 1.165) is 5.75 Å². The zero-order valence-corrected chi connectivity index (χ0v) is 7.62. The summed E-state index contributed by atoms with van der Waals surface area (Å²) < 4.78 is 22.7. The number of hydrogen-bond acceptors (Lipinski definition) is 5. The standard InChI is InChI=1S/C5H10N2O2S2/c6-1-4-11(8,9)5-7-2-3-10-5/h1-4,6H2. The van der Waals surface area contributed by atoms with Crippen LogP contribution >= 0.6 is 11.8 Å². The van der Waals surface area contributed by atoms with Crippen molar-refractivity contribution in [2.24, 2.45) is 10.7 Å². The third-order valence-corrected chi connectivity index (χ3v) is 4.52. The Morgan fingerprint density at radius 2 is 2.36 bits per heavy atom. The van der Waals surface area contributed by atoms with Gasteiger partial charge in [-0.1, -0.05) is 11.8 Å². The molecule has 0 aromatic heterocycles. The molecule has 0 amide bonds. The van der Waals surface area contributed by atoms with E-state index >= 15 is 0 Å². The molecule has 64 valence electrons. The lowest BCUT2D eigenvalue weighted by Crippen LogP contribution is -2.20. The summed E-state index contributed by atoms with van der Waals surface area (Å²) in [5.74, 6) is 0.790. The molecular weight excluding hydrogens is 184 g/mol. The summed E-state index contributed by atoms with van der Waals surface area (Å²) >= 11 is 1.30. The molecule has 0 fully saturated rings. The number of aliphatic imine (C=N–C) groups is 1. The van der Waals surface area contributed by atoms with Gasteiger partial charge in [-0.15, -0.1) is 0 Å². The summed E-state index contributed by atoms with van der Waals surface area (Å²) in [5, 5.41) is 0.